The van der Waals surface area contributed by atoms with E-state index in [1.54, 1.807) is 0 Å². The molecule has 3 fully saturated rings. The van der Waals surface area contributed by atoms with Crippen LogP contribution in [0.4, 0.5) is 0 Å². The van der Waals surface area contributed by atoms with Gasteiger partial charge in [-0.2, -0.15) is 0 Å². The molecule has 1 saturated carbocycles. The highest BCUT2D eigenvalue weighted by atomic mass is 16.3. The molecule has 2 heterocycles. The van der Waals surface area contributed by atoms with E-state index in [0.29, 0.717) is 25.6 Å². The quantitative estimate of drug-likeness (QED) is 0.716. The molecule has 18 heavy (non-hydrogen) atoms. The molecule has 102 valence electrons. The summed E-state index contributed by atoms with van der Waals surface area (Å²) in [7, 11) is 2.09. The second-order valence-corrected chi connectivity index (χ2v) is 6.21. The van der Waals surface area contributed by atoms with Gasteiger partial charge < -0.3 is 14.9 Å². The zero-order valence-corrected chi connectivity index (χ0v) is 11.1. The number of carbonyl (C=O) groups is 1. The van der Waals surface area contributed by atoms with E-state index >= 15 is 0 Å². The van der Waals surface area contributed by atoms with Crippen molar-refractivity contribution in [2.24, 2.45) is 5.92 Å². The van der Waals surface area contributed by atoms with Crippen LogP contribution in [0.2, 0.25) is 0 Å². The van der Waals surface area contributed by atoms with Gasteiger partial charge in [0.15, 0.2) is 0 Å². The van der Waals surface area contributed by atoms with E-state index in [4.69, 9.17) is 0 Å². The number of nitrogens with zero attached hydrogens (tertiary/aromatic N) is 3. The summed E-state index contributed by atoms with van der Waals surface area (Å²) in [4.78, 5) is 18.4. The fraction of sp³-hybridized carbons (Fsp3) is 0.923. The number of hydrogen-bond acceptors (Lipinski definition) is 4. The van der Waals surface area contributed by atoms with Gasteiger partial charge in [-0.15, -0.1) is 0 Å². The van der Waals surface area contributed by atoms with Gasteiger partial charge in [-0.05, 0) is 25.8 Å². The third-order valence-corrected chi connectivity index (χ3v) is 4.55. The average molecular weight is 253 g/mol. The maximum Gasteiger partial charge on any atom is 0.236 e. The number of piperazine rings is 1. The number of aliphatic hydroxyl groups is 1. The molecule has 1 N–H and O–H groups in total. The summed E-state index contributed by atoms with van der Waals surface area (Å²) in [6, 6.07) is 0. The Labute approximate surface area is 108 Å². The van der Waals surface area contributed by atoms with Crippen molar-refractivity contribution in [1.82, 2.24) is 14.7 Å². The third kappa shape index (κ3) is 2.39. The molecule has 0 bridgehead atoms. The minimum atomic E-state index is -0.470. The lowest BCUT2D eigenvalue weighted by molar-refractivity contribution is -0.146. The average Bonchev–Trinajstić information content (AvgIpc) is 3.11. The molecule has 0 aromatic heterocycles. The maximum atomic E-state index is 12.1. The largest absolute Gasteiger partial charge is 0.387 e. The Morgan fingerprint density at radius 2 is 1.83 bits per heavy atom. The Morgan fingerprint density at radius 3 is 2.39 bits per heavy atom. The number of β-amino-alcohol motifs (C(OH)–C–C–N with tert-alkyl or cyclic N) is 1. The van der Waals surface area contributed by atoms with Crippen LogP contribution in [0.25, 0.3) is 0 Å². The van der Waals surface area contributed by atoms with Crippen molar-refractivity contribution in [2.75, 3.05) is 52.9 Å². The van der Waals surface area contributed by atoms with Crippen molar-refractivity contribution in [2.45, 2.75) is 18.4 Å². The van der Waals surface area contributed by atoms with Crippen molar-refractivity contribution < 1.29 is 9.90 Å². The van der Waals surface area contributed by atoms with Crippen LogP contribution in [0, 0.1) is 5.92 Å². The molecule has 1 aliphatic carbocycles. The van der Waals surface area contributed by atoms with Crippen LogP contribution in [-0.4, -0.2) is 84.2 Å². The molecule has 3 rings (SSSR count). The number of carbonyl (C=O) groups excluding carboxylic acids is 1. The fourth-order valence-electron chi connectivity index (χ4n) is 3.07. The lowest BCUT2D eigenvalue weighted by Crippen LogP contribution is -2.65. The van der Waals surface area contributed by atoms with Crippen LogP contribution in [0.15, 0.2) is 0 Å². The van der Waals surface area contributed by atoms with Gasteiger partial charge in [-0.3, -0.25) is 9.69 Å². The zero-order chi connectivity index (χ0) is 12.8. The van der Waals surface area contributed by atoms with Gasteiger partial charge >= 0.3 is 0 Å². The van der Waals surface area contributed by atoms with Gasteiger partial charge in [0.05, 0.1) is 12.1 Å². The first-order valence-corrected chi connectivity index (χ1v) is 6.98. The van der Waals surface area contributed by atoms with Gasteiger partial charge in [-0.1, -0.05) is 0 Å². The lowest BCUT2D eigenvalue weighted by atomic mass is 9.89. The minimum absolute atomic E-state index is 0.223. The molecule has 0 spiro atoms. The summed E-state index contributed by atoms with van der Waals surface area (Å²) in [6.07, 6.45) is 2.33. The molecule has 0 radical (unpaired) electrons. The van der Waals surface area contributed by atoms with E-state index in [9.17, 15) is 9.90 Å². The predicted molar refractivity (Wildman–Crippen MR) is 68.2 cm³/mol. The highest BCUT2D eigenvalue weighted by Gasteiger charge is 2.52. The summed E-state index contributed by atoms with van der Waals surface area (Å²) < 4.78 is 0. The standard InChI is InChI=1S/C13H23N3O2/c1-14-4-6-16(7-5-14)12(17)8-15-9-13(18,10-15)11-2-3-11/h11,18H,2-10H2,1H3. The number of amides is 1. The first kappa shape index (κ1) is 12.4. The Morgan fingerprint density at radius 1 is 1.22 bits per heavy atom. The van der Waals surface area contributed by atoms with Crippen molar-refractivity contribution >= 4 is 5.91 Å². The SMILES string of the molecule is CN1CCN(C(=O)CN2CC(O)(C3CC3)C2)CC1. The van der Waals surface area contributed by atoms with E-state index in [2.05, 4.69) is 16.8 Å². The molecule has 3 aliphatic rings. The summed E-state index contributed by atoms with van der Waals surface area (Å²) in [5, 5.41) is 10.2. The first-order valence-electron chi connectivity index (χ1n) is 6.98. The second kappa shape index (κ2) is 4.47. The second-order valence-electron chi connectivity index (χ2n) is 6.21. The Kier molecular flexibility index (Phi) is 3.08. The summed E-state index contributed by atoms with van der Waals surface area (Å²) in [6.45, 7) is 5.49. The molecule has 0 atom stereocenters. The van der Waals surface area contributed by atoms with Gasteiger partial charge in [0.25, 0.3) is 0 Å². The van der Waals surface area contributed by atoms with Gasteiger partial charge in [-0.25, -0.2) is 0 Å². The van der Waals surface area contributed by atoms with Gasteiger partial charge in [0.1, 0.15) is 0 Å². The van der Waals surface area contributed by atoms with E-state index in [1.165, 1.54) is 0 Å². The smallest absolute Gasteiger partial charge is 0.236 e. The highest BCUT2D eigenvalue weighted by molar-refractivity contribution is 5.78. The summed E-state index contributed by atoms with van der Waals surface area (Å²) >= 11 is 0. The molecule has 2 saturated heterocycles. The minimum Gasteiger partial charge on any atom is -0.387 e. The Bertz CT molecular complexity index is 329. The molecule has 5 nitrogen and oxygen atoms in total. The van der Waals surface area contributed by atoms with E-state index in [0.717, 1.165) is 39.0 Å². The van der Waals surface area contributed by atoms with Crippen molar-refractivity contribution in [3.63, 3.8) is 0 Å². The number of likely N-dealkylation sites (N-methyl/N-ethyl adjacent to an activating group) is 1. The Hall–Kier alpha value is -0.650. The zero-order valence-electron chi connectivity index (χ0n) is 11.1. The number of rotatable bonds is 3. The highest BCUT2D eigenvalue weighted by Crippen LogP contribution is 2.44. The maximum absolute atomic E-state index is 12.1. The molecule has 1 amide bonds. The number of likely N-dealkylation sites (tertiary alicyclic amines) is 1. The van der Waals surface area contributed by atoms with Crippen LogP contribution >= 0.6 is 0 Å². The van der Waals surface area contributed by atoms with E-state index in [-0.39, 0.29) is 5.91 Å². The normalized spacial score (nSPS) is 29.1. The topological polar surface area (TPSA) is 47.0 Å². The molecule has 2 aliphatic heterocycles. The predicted octanol–water partition coefficient (Wildman–Crippen LogP) is -0.783. The van der Waals surface area contributed by atoms with Crippen molar-refractivity contribution in [3.05, 3.63) is 0 Å². The third-order valence-electron chi connectivity index (χ3n) is 4.55. The van der Waals surface area contributed by atoms with Gasteiger partial charge in [0, 0.05) is 39.3 Å². The Balaban J connectivity index is 1.42. The molecular weight excluding hydrogens is 230 g/mol. The van der Waals surface area contributed by atoms with E-state index in [1.807, 2.05) is 4.90 Å². The van der Waals surface area contributed by atoms with Crippen molar-refractivity contribution in [1.29, 1.82) is 0 Å². The molecule has 5 heteroatoms. The number of hydrogen-bond donors (Lipinski definition) is 1. The van der Waals surface area contributed by atoms with Crippen LogP contribution in [-0.2, 0) is 4.79 Å². The molecular formula is C13H23N3O2. The lowest BCUT2D eigenvalue weighted by Gasteiger charge is -2.47. The van der Waals surface area contributed by atoms with Gasteiger partial charge in [0.2, 0.25) is 5.91 Å². The summed E-state index contributed by atoms with van der Waals surface area (Å²) in [5.74, 6) is 0.730. The van der Waals surface area contributed by atoms with Crippen LogP contribution in [0.5, 0.6) is 0 Å². The van der Waals surface area contributed by atoms with Crippen molar-refractivity contribution in [3.8, 4) is 0 Å². The molecule has 0 aromatic carbocycles. The van der Waals surface area contributed by atoms with Crippen LogP contribution in [0.3, 0.4) is 0 Å². The van der Waals surface area contributed by atoms with Crippen LogP contribution < -0.4 is 0 Å². The summed E-state index contributed by atoms with van der Waals surface area (Å²) in [5.41, 5.74) is -0.470. The fourth-order valence-corrected chi connectivity index (χ4v) is 3.07. The van der Waals surface area contributed by atoms with E-state index < -0.39 is 5.60 Å². The van der Waals surface area contributed by atoms with Crippen LogP contribution in [0.1, 0.15) is 12.8 Å². The monoisotopic (exact) mass is 253 g/mol. The molecule has 0 unspecified atom stereocenters. The molecule has 0 aromatic rings. The first-order chi connectivity index (χ1) is 8.57.